The van der Waals surface area contributed by atoms with Gasteiger partial charge in [-0.05, 0) is 25.8 Å². The van der Waals surface area contributed by atoms with Gasteiger partial charge in [0.05, 0.1) is 0 Å². The van der Waals surface area contributed by atoms with Crippen molar-refractivity contribution < 1.29 is 0 Å². The number of hydrogen-bond acceptors (Lipinski definition) is 1. The Morgan fingerprint density at radius 2 is 1.70 bits per heavy atom. The van der Waals surface area contributed by atoms with E-state index in [-0.39, 0.29) is 0 Å². The van der Waals surface area contributed by atoms with Crippen LogP contribution in [0, 0.1) is 5.92 Å². The normalized spacial score (nSPS) is 16.8. The molecular weight excluding hydrogens is 122 g/mol. The van der Waals surface area contributed by atoms with Crippen LogP contribution in [0.4, 0.5) is 0 Å². The summed E-state index contributed by atoms with van der Waals surface area (Å²) in [6, 6.07) is 0.689. The van der Waals surface area contributed by atoms with Crippen molar-refractivity contribution in [1.29, 1.82) is 0 Å². The molecular formula is C9H21N. The van der Waals surface area contributed by atoms with Crippen LogP contribution in [-0.4, -0.2) is 12.6 Å². The van der Waals surface area contributed by atoms with E-state index in [2.05, 4.69) is 33.0 Å². The maximum atomic E-state index is 3.48. The van der Waals surface area contributed by atoms with E-state index in [9.17, 15) is 0 Å². The van der Waals surface area contributed by atoms with Gasteiger partial charge in [0, 0.05) is 6.04 Å². The number of rotatable bonds is 5. The molecule has 0 aromatic heterocycles. The van der Waals surface area contributed by atoms with E-state index in [0.29, 0.717) is 6.04 Å². The smallest absolute Gasteiger partial charge is 0.00362 e. The monoisotopic (exact) mass is 143 g/mol. The van der Waals surface area contributed by atoms with Gasteiger partial charge in [-0.15, -0.1) is 0 Å². The third-order valence-corrected chi connectivity index (χ3v) is 2.12. The molecule has 0 spiro atoms. The van der Waals surface area contributed by atoms with E-state index in [4.69, 9.17) is 0 Å². The summed E-state index contributed by atoms with van der Waals surface area (Å²) in [5.41, 5.74) is 0. The van der Waals surface area contributed by atoms with Gasteiger partial charge in [0.15, 0.2) is 0 Å². The van der Waals surface area contributed by atoms with Crippen LogP contribution in [0.2, 0.25) is 0 Å². The largest absolute Gasteiger partial charge is 0.314 e. The lowest BCUT2D eigenvalue weighted by molar-refractivity contribution is 0.446. The van der Waals surface area contributed by atoms with Crippen LogP contribution in [0.25, 0.3) is 0 Å². The van der Waals surface area contributed by atoms with Crippen LogP contribution in [0.3, 0.4) is 0 Å². The Labute approximate surface area is 65.2 Å². The lowest BCUT2D eigenvalue weighted by atomic mass is 10.1. The summed E-state index contributed by atoms with van der Waals surface area (Å²) in [7, 11) is 0. The quantitative estimate of drug-likeness (QED) is 0.623. The molecule has 0 aliphatic heterocycles. The van der Waals surface area contributed by atoms with Crippen LogP contribution in [0.5, 0.6) is 0 Å². The molecule has 0 aromatic carbocycles. The highest BCUT2D eigenvalue weighted by atomic mass is 14.9. The van der Waals surface area contributed by atoms with Crippen LogP contribution in [0.15, 0.2) is 0 Å². The standard InChI is InChI=1S/C9H21N/c1-5-8(3)7-10-9(4)6-2/h8-10H,5-7H2,1-4H3. The molecule has 0 aliphatic carbocycles. The zero-order valence-corrected chi connectivity index (χ0v) is 7.78. The van der Waals surface area contributed by atoms with Gasteiger partial charge in [0.1, 0.15) is 0 Å². The number of hydrogen-bond donors (Lipinski definition) is 1. The highest BCUT2D eigenvalue weighted by Crippen LogP contribution is 1.98. The van der Waals surface area contributed by atoms with Gasteiger partial charge in [-0.3, -0.25) is 0 Å². The molecule has 0 aliphatic rings. The fraction of sp³-hybridized carbons (Fsp3) is 1.00. The highest BCUT2D eigenvalue weighted by Gasteiger charge is 2.00. The van der Waals surface area contributed by atoms with Crippen molar-refractivity contribution >= 4 is 0 Å². The molecule has 62 valence electrons. The summed E-state index contributed by atoms with van der Waals surface area (Å²) < 4.78 is 0. The molecule has 1 N–H and O–H groups in total. The van der Waals surface area contributed by atoms with E-state index in [0.717, 1.165) is 5.92 Å². The Balaban J connectivity index is 3.17. The maximum Gasteiger partial charge on any atom is 0.00362 e. The molecule has 0 saturated carbocycles. The molecule has 2 atom stereocenters. The van der Waals surface area contributed by atoms with Crippen LogP contribution in [0.1, 0.15) is 40.5 Å². The minimum atomic E-state index is 0.689. The van der Waals surface area contributed by atoms with Gasteiger partial charge in [-0.25, -0.2) is 0 Å². The first-order valence-electron chi connectivity index (χ1n) is 4.44. The first-order valence-corrected chi connectivity index (χ1v) is 4.44. The Bertz CT molecular complexity index is 61.1. The summed E-state index contributed by atoms with van der Waals surface area (Å²) in [6.45, 7) is 10.2. The van der Waals surface area contributed by atoms with Crippen LogP contribution < -0.4 is 5.32 Å². The average molecular weight is 143 g/mol. The molecule has 0 rings (SSSR count). The average Bonchev–Trinajstić information content (AvgIpc) is 1.99. The minimum Gasteiger partial charge on any atom is -0.314 e. The van der Waals surface area contributed by atoms with E-state index >= 15 is 0 Å². The maximum absolute atomic E-state index is 3.48. The lowest BCUT2D eigenvalue weighted by Crippen LogP contribution is -2.29. The third-order valence-electron chi connectivity index (χ3n) is 2.12. The molecule has 0 aromatic rings. The molecule has 0 amide bonds. The third kappa shape index (κ3) is 4.80. The molecule has 10 heavy (non-hydrogen) atoms. The topological polar surface area (TPSA) is 12.0 Å². The Hall–Kier alpha value is -0.0400. The summed E-state index contributed by atoms with van der Waals surface area (Å²) in [5.74, 6) is 0.828. The molecule has 0 fully saturated rings. The predicted molar refractivity (Wildman–Crippen MR) is 47.2 cm³/mol. The lowest BCUT2D eigenvalue weighted by Gasteiger charge is -2.14. The summed E-state index contributed by atoms with van der Waals surface area (Å²) in [5, 5.41) is 3.48. The van der Waals surface area contributed by atoms with E-state index in [1.54, 1.807) is 0 Å². The molecule has 0 heterocycles. The Kier molecular flexibility index (Phi) is 5.70. The Morgan fingerprint density at radius 3 is 2.10 bits per heavy atom. The zero-order chi connectivity index (χ0) is 7.98. The van der Waals surface area contributed by atoms with Crippen molar-refractivity contribution in [3.8, 4) is 0 Å². The van der Waals surface area contributed by atoms with Crippen LogP contribution in [-0.2, 0) is 0 Å². The summed E-state index contributed by atoms with van der Waals surface area (Å²) in [4.78, 5) is 0. The second-order valence-electron chi connectivity index (χ2n) is 3.23. The fourth-order valence-electron chi connectivity index (χ4n) is 0.691. The van der Waals surface area contributed by atoms with Crippen molar-refractivity contribution in [1.82, 2.24) is 5.32 Å². The van der Waals surface area contributed by atoms with Crippen molar-refractivity contribution in [3.63, 3.8) is 0 Å². The predicted octanol–water partition coefficient (Wildman–Crippen LogP) is 2.42. The SMILES string of the molecule is CCC(C)CNC(C)CC. The highest BCUT2D eigenvalue weighted by molar-refractivity contribution is 4.60. The van der Waals surface area contributed by atoms with E-state index in [1.807, 2.05) is 0 Å². The second-order valence-corrected chi connectivity index (χ2v) is 3.23. The van der Waals surface area contributed by atoms with Crippen molar-refractivity contribution in [2.45, 2.75) is 46.6 Å². The van der Waals surface area contributed by atoms with Gasteiger partial charge in [0.2, 0.25) is 0 Å². The molecule has 1 heteroatoms. The van der Waals surface area contributed by atoms with Crippen LogP contribution >= 0.6 is 0 Å². The first-order chi connectivity index (χ1) is 4.70. The zero-order valence-electron chi connectivity index (χ0n) is 7.78. The second kappa shape index (κ2) is 5.72. The molecule has 1 nitrogen and oxygen atoms in total. The first kappa shape index (κ1) is 9.96. The van der Waals surface area contributed by atoms with Crippen molar-refractivity contribution in [2.24, 2.45) is 5.92 Å². The van der Waals surface area contributed by atoms with Gasteiger partial charge >= 0.3 is 0 Å². The Morgan fingerprint density at radius 1 is 1.10 bits per heavy atom. The summed E-state index contributed by atoms with van der Waals surface area (Å²) in [6.07, 6.45) is 2.51. The number of nitrogens with one attached hydrogen (secondary N) is 1. The molecule has 2 unspecified atom stereocenters. The van der Waals surface area contributed by atoms with Crippen molar-refractivity contribution in [3.05, 3.63) is 0 Å². The minimum absolute atomic E-state index is 0.689. The van der Waals surface area contributed by atoms with E-state index in [1.165, 1.54) is 19.4 Å². The van der Waals surface area contributed by atoms with E-state index < -0.39 is 0 Å². The molecule has 0 saturated heterocycles. The molecule has 0 bridgehead atoms. The van der Waals surface area contributed by atoms with Gasteiger partial charge < -0.3 is 5.32 Å². The summed E-state index contributed by atoms with van der Waals surface area (Å²) >= 11 is 0. The van der Waals surface area contributed by atoms with Gasteiger partial charge in [-0.2, -0.15) is 0 Å². The van der Waals surface area contributed by atoms with Gasteiger partial charge in [0.25, 0.3) is 0 Å². The molecule has 0 radical (unpaired) electrons. The van der Waals surface area contributed by atoms with Gasteiger partial charge in [-0.1, -0.05) is 27.2 Å². The fourth-order valence-corrected chi connectivity index (χ4v) is 0.691. The van der Waals surface area contributed by atoms with Crippen molar-refractivity contribution in [2.75, 3.05) is 6.54 Å².